The van der Waals surface area contributed by atoms with Gasteiger partial charge in [-0.15, -0.1) is 0 Å². The zero-order valence-electron chi connectivity index (χ0n) is 15.3. The first-order valence-electron chi connectivity index (χ1n) is 8.35. The van der Waals surface area contributed by atoms with Crippen molar-refractivity contribution in [3.63, 3.8) is 0 Å². The molecule has 0 aliphatic carbocycles. The lowest BCUT2D eigenvalue weighted by Crippen LogP contribution is -2.31. The first-order valence-corrected chi connectivity index (χ1v) is 9.23. The van der Waals surface area contributed by atoms with Gasteiger partial charge in [0.25, 0.3) is 5.56 Å². The molecule has 1 aromatic heterocycles. The topological polar surface area (TPSA) is 55.2 Å². The standard InChI is InChI=1S/C20H21N3O2S/c1-13-9-11-15(12-10-13)23-19(25)16-7-5-6-8-17(16)21-20(23)26-14(2)18(24)22(3)4/h5-12,14H,1-4H3. The van der Waals surface area contributed by atoms with Crippen molar-refractivity contribution in [3.05, 3.63) is 64.4 Å². The van der Waals surface area contributed by atoms with Crippen LogP contribution in [0.15, 0.2) is 58.5 Å². The fraction of sp³-hybridized carbons (Fsp3) is 0.250. The average molecular weight is 367 g/mol. The molecule has 3 rings (SSSR count). The van der Waals surface area contributed by atoms with E-state index in [-0.39, 0.29) is 16.7 Å². The summed E-state index contributed by atoms with van der Waals surface area (Å²) in [4.78, 5) is 31.6. The summed E-state index contributed by atoms with van der Waals surface area (Å²) in [7, 11) is 3.44. The number of hydrogen-bond acceptors (Lipinski definition) is 4. The molecule has 0 aliphatic heterocycles. The van der Waals surface area contributed by atoms with Crippen LogP contribution >= 0.6 is 11.8 Å². The summed E-state index contributed by atoms with van der Waals surface area (Å²) in [5.41, 5.74) is 2.35. The number of aromatic nitrogens is 2. The van der Waals surface area contributed by atoms with Crippen molar-refractivity contribution in [3.8, 4) is 5.69 Å². The molecule has 1 unspecified atom stereocenters. The molecular weight excluding hydrogens is 346 g/mol. The van der Waals surface area contributed by atoms with Crippen molar-refractivity contribution >= 4 is 28.6 Å². The van der Waals surface area contributed by atoms with E-state index in [1.807, 2.05) is 56.3 Å². The molecule has 5 nitrogen and oxygen atoms in total. The number of amides is 1. The lowest BCUT2D eigenvalue weighted by Gasteiger charge is -2.18. The second kappa shape index (κ2) is 7.33. The number of benzene rings is 2. The van der Waals surface area contributed by atoms with Gasteiger partial charge in [0.2, 0.25) is 5.91 Å². The van der Waals surface area contributed by atoms with Crippen LogP contribution in [-0.2, 0) is 4.79 Å². The number of carbonyl (C=O) groups excluding carboxylic acids is 1. The van der Waals surface area contributed by atoms with Gasteiger partial charge in [-0.2, -0.15) is 0 Å². The predicted octanol–water partition coefficient (Wildman–Crippen LogP) is 3.26. The second-order valence-electron chi connectivity index (χ2n) is 6.38. The zero-order valence-corrected chi connectivity index (χ0v) is 16.1. The van der Waals surface area contributed by atoms with Crippen LogP contribution in [0, 0.1) is 6.92 Å². The Morgan fingerprint density at radius 2 is 1.77 bits per heavy atom. The van der Waals surface area contributed by atoms with Crippen LogP contribution in [0.2, 0.25) is 0 Å². The van der Waals surface area contributed by atoms with E-state index in [2.05, 4.69) is 4.98 Å². The lowest BCUT2D eigenvalue weighted by molar-refractivity contribution is -0.127. The number of nitrogens with zero attached hydrogens (tertiary/aromatic N) is 3. The Labute approximate surface area is 156 Å². The fourth-order valence-corrected chi connectivity index (χ4v) is 3.76. The van der Waals surface area contributed by atoms with Crippen LogP contribution in [0.4, 0.5) is 0 Å². The Morgan fingerprint density at radius 3 is 2.42 bits per heavy atom. The maximum atomic E-state index is 13.1. The van der Waals surface area contributed by atoms with Crippen molar-refractivity contribution in [2.45, 2.75) is 24.3 Å². The summed E-state index contributed by atoms with van der Waals surface area (Å²) in [5, 5.41) is 0.721. The van der Waals surface area contributed by atoms with E-state index in [0.717, 1.165) is 11.3 Å². The highest BCUT2D eigenvalue weighted by Crippen LogP contribution is 2.25. The highest BCUT2D eigenvalue weighted by atomic mass is 32.2. The lowest BCUT2D eigenvalue weighted by atomic mass is 10.2. The summed E-state index contributed by atoms with van der Waals surface area (Å²) in [6.07, 6.45) is 0. The molecule has 2 aromatic carbocycles. The largest absolute Gasteiger partial charge is 0.348 e. The number of para-hydroxylation sites is 1. The minimum Gasteiger partial charge on any atom is -0.348 e. The van der Waals surface area contributed by atoms with E-state index in [4.69, 9.17) is 0 Å². The fourth-order valence-electron chi connectivity index (χ4n) is 2.69. The van der Waals surface area contributed by atoms with Crippen LogP contribution in [0.3, 0.4) is 0 Å². The van der Waals surface area contributed by atoms with Gasteiger partial charge in [-0.1, -0.05) is 41.6 Å². The Kier molecular flexibility index (Phi) is 5.13. The number of aryl methyl sites for hydroxylation is 1. The quantitative estimate of drug-likeness (QED) is 0.525. The van der Waals surface area contributed by atoms with Gasteiger partial charge < -0.3 is 4.90 Å². The third-order valence-electron chi connectivity index (χ3n) is 4.11. The van der Waals surface area contributed by atoms with E-state index in [1.165, 1.54) is 11.8 Å². The minimum absolute atomic E-state index is 0.0205. The summed E-state index contributed by atoms with van der Waals surface area (Å²) < 4.78 is 1.59. The maximum Gasteiger partial charge on any atom is 0.266 e. The normalized spacial score (nSPS) is 12.2. The van der Waals surface area contributed by atoms with Crippen molar-refractivity contribution in [1.82, 2.24) is 14.5 Å². The molecule has 0 bridgehead atoms. The molecule has 26 heavy (non-hydrogen) atoms. The maximum absolute atomic E-state index is 13.1. The van der Waals surface area contributed by atoms with Crippen molar-refractivity contribution in [2.75, 3.05) is 14.1 Å². The Bertz CT molecular complexity index is 1010. The summed E-state index contributed by atoms with van der Waals surface area (Å²) >= 11 is 1.30. The van der Waals surface area contributed by atoms with Crippen LogP contribution in [-0.4, -0.2) is 39.7 Å². The molecule has 0 radical (unpaired) electrons. The number of rotatable bonds is 4. The SMILES string of the molecule is Cc1ccc(-n2c(SC(C)C(=O)N(C)C)nc3ccccc3c2=O)cc1. The van der Waals surface area contributed by atoms with Crippen molar-refractivity contribution in [2.24, 2.45) is 0 Å². The molecule has 0 aliphatic rings. The summed E-state index contributed by atoms with van der Waals surface area (Å²) in [6.45, 7) is 3.83. The van der Waals surface area contributed by atoms with Crippen LogP contribution in [0.5, 0.6) is 0 Å². The highest BCUT2D eigenvalue weighted by molar-refractivity contribution is 8.00. The van der Waals surface area contributed by atoms with Gasteiger partial charge in [0.05, 0.1) is 21.8 Å². The second-order valence-corrected chi connectivity index (χ2v) is 7.69. The van der Waals surface area contributed by atoms with Gasteiger partial charge >= 0.3 is 0 Å². The minimum atomic E-state index is -0.352. The first-order chi connectivity index (χ1) is 12.4. The van der Waals surface area contributed by atoms with E-state index in [9.17, 15) is 9.59 Å². The molecule has 1 atom stereocenters. The number of hydrogen-bond donors (Lipinski definition) is 0. The molecular formula is C20H21N3O2S. The number of fused-ring (bicyclic) bond motifs is 1. The molecule has 0 saturated carbocycles. The molecule has 6 heteroatoms. The molecule has 1 amide bonds. The third-order valence-corrected chi connectivity index (χ3v) is 5.15. The molecule has 0 fully saturated rings. The number of carbonyl (C=O) groups is 1. The van der Waals surface area contributed by atoms with Gasteiger partial charge in [-0.25, -0.2) is 4.98 Å². The Hall–Kier alpha value is -2.60. The molecule has 1 heterocycles. The van der Waals surface area contributed by atoms with Crippen LogP contribution < -0.4 is 5.56 Å². The van der Waals surface area contributed by atoms with Crippen LogP contribution in [0.1, 0.15) is 12.5 Å². The Balaban J connectivity index is 2.19. The Morgan fingerprint density at radius 1 is 1.12 bits per heavy atom. The molecule has 0 N–H and O–H groups in total. The van der Waals surface area contributed by atoms with Gasteiger partial charge in [-0.05, 0) is 38.1 Å². The van der Waals surface area contributed by atoms with Gasteiger partial charge in [0, 0.05) is 14.1 Å². The van der Waals surface area contributed by atoms with E-state index >= 15 is 0 Å². The monoisotopic (exact) mass is 367 g/mol. The molecule has 134 valence electrons. The molecule has 3 aromatic rings. The molecule has 0 saturated heterocycles. The van der Waals surface area contributed by atoms with E-state index in [0.29, 0.717) is 16.1 Å². The van der Waals surface area contributed by atoms with Crippen molar-refractivity contribution < 1.29 is 4.79 Å². The first kappa shape index (κ1) is 18.2. The third kappa shape index (κ3) is 3.51. The van der Waals surface area contributed by atoms with Crippen LogP contribution in [0.25, 0.3) is 16.6 Å². The highest BCUT2D eigenvalue weighted by Gasteiger charge is 2.21. The number of thioether (sulfide) groups is 1. The smallest absolute Gasteiger partial charge is 0.266 e. The zero-order chi connectivity index (χ0) is 18.8. The van der Waals surface area contributed by atoms with Crippen molar-refractivity contribution in [1.29, 1.82) is 0 Å². The summed E-state index contributed by atoms with van der Waals surface area (Å²) in [6, 6.07) is 15.0. The van der Waals surface area contributed by atoms with Gasteiger partial charge in [0.15, 0.2) is 5.16 Å². The van der Waals surface area contributed by atoms with Gasteiger partial charge in [-0.3, -0.25) is 14.2 Å². The summed E-state index contributed by atoms with van der Waals surface area (Å²) in [5.74, 6) is -0.0205. The van der Waals surface area contributed by atoms with Gasteiger partial charge in [0.1, 0.15) is 0 Å². The molecule has 0 spiro atoms. The predicted molar refractivity (Wildman–Crippen MR) is 106 cm³/mol. The van der Waals surface area contributed by atoms with E-state index in [1.54, 1.807) is 29.6 Å². The van der Waals surface area contributed by atoms with E-state index < -0.39 is 0 Å². The average Bonchev–Trinajstić information content (AvgIpc) is 2.62.